The normalized spacial score (nSPS) is 12.3. The number of aliphatic imine (C=N–C) groups is 1. The number of anilines is 1. The van der Waals surface area contributed by atoms with Crippen molar-refractivity contribution >= 4 is 17.5 Å². The summed E-state index contributed by atoms with van der Waals surface area (Å²) in [6.45, 7) is 2.00. The van der Waals surface area contributed by atoms with Crippen LogP contribution in [0.1, 0.15) is 11.1 Å². The van der Waals surface area contributed by atoms with Gasteiger partial charge in [0.05, 0.1) is 0 Å². The first-order valence-corrected chi connectivity index (χ1v) is 4.39. The molecule has 0 aromatic heterocycles. The maximum absolute atomic E-state index is 5.66. The highest BCUT2D eigenvalue weighted by Gasteiger charge is 2.02. The number of nitrogens with zero attached hydrogens (tertiary/aromatic N) is 1. The van der Waals surface area contributed by atoms with Gasteiger partial charge in [0.2, 0.25) is 0 Å². The zero-order valence-electron chi connectivity index (χ0n) is 8.49. The van der Waals surface area contributed by atoms with Gasteiger partial charge in [-0.15, -0.1) is 0 Å². The van der Waals surface area contributed by atoms with Gasteiger partial charge in [0.15, 0.2) is 0 Å². The number of hydrogen-bond acceptors (Lipinski definition) is 3. The summed E-state index contributed by atoms with van der Waals surface area (Å²) in [6, 6.07) is 5.72. The van der Waals surface area contributed by atoms with E-state index < -0.39 is 0 Å². The third-order valence-electron chi connectivity index (χ3n) is 2.01. The first kappa shape index (κ1) is 10.3. The van der Waals surface area contributed by atoms with Gasteiger partial charge in [-0.05, 0) is 30.2 Å². The number of rotatable bonds is 2. The van der Waals surface area contributed by atoms with E-state index in [9.17, 15) is 0 Å². The van der Waals surface area contributed by atoms with Crippen LogP contribution in [-0.4, -0.2) is 13.3 Å². The van der Waals surface area contributed by atoms with Crippen molar-refractivity contribution in [2.75, 3.05) is 12.8 Å². The van der Waals surface area contributed by atoms with Crippen LogP contribution in [0.4, 0.5) is 5.69 Å². The van der Waals surface area contributed by atoms with Crippen LogP contribution in [0.2, 0.25) is 0 Å². The highest BCUT2D eigenvalue weighted by atomic mass is 14.6. The molecule has 4 N–H and O–H groups in total. The molecule has 0 atom stereocenters. The van der Waals surface area contributed by atoms with E-state index in [1.165, 1.54) is 0 Å². The Morgan fingerprint density at radius 3 is 2.64 bits per heavy atom. The van der Waals surface area contributed by atoms with E-state index in [-0.39, 0.29) is 0 Å². The Hall–Kier alpha value is -1.77. The van der Waals surface area contributed by atoms with Gasteiger partial charge in [-0.2, -0.15) is 0 Å². The molecule has 0 saturated heterocycles. The molecule has 1 aromatic carbocycles. The predicted octanol–water partition coefficient (Wildman–Crippen LogP) is 1.58. The van der Waals surface area contributed by atoms with E-state index in [1.807, 2.05) is 25.1 Å². The van der Waals surface area contributed by atoms with Crippen LogP contribution in [0, 0.1) is 6.92 Å². The topological polar surface area (TPSA) is 64.4 Å². The first-order valence-electron chi connectivity index (χ1n) is 4.39. The number of allylic oxidation sites excluding steroid dienone is 1. The van der Waals surface area contributed by atoms with Gasteiger partial charge in [0, 0.05) is 30.7 Å². The number of aryl methyl sites for hydroxylation is 1. The molecule has 3 nitrogen and oxygen atoms in total. The lowest BCUT2D eigenvalue weighted by Crippen LogP contribution is -1.95. The predicted molar refractivity (Wildman–Crippen MR) is 62.2 cm³/mol. The highest BCUT2D eigenvalue weighted by molar-refractivity contribution is 6.10. The molecule has 0 aliphatic carbocycles. The fourth-order valence-electron chi connectivity index (χ4n) is 1.35. The summed E-state index contributed by atoms with van der Waals surface area (Å²) in [7, 11) is 1.72. The van der Waals surface area contributed by atoms with Gasteiger partial charge >= 0.3 is 0 Å². The summed E-state index contributed by atoms with van der Waals surface area (Å²) in [5, 5.41) is 0. The quantitative estimate of drug-likeness (QED) is 0.548. The molecule has 14 heavy (non-hydrogen) atoms. The zero-order valence-corrected chi connectivity index (χ0v) is 8.49. The molecule has 3 heteroatoms. The van der Waals surface area contributed by atoms with Crippen molar-refractivity contribution in [1.82, 2.24) is 0 Å². The third-order valence-corrected chi connectivity index (χ3v) is 2.01. The molecule has 0 saturated carbocycles. The number of nitrogen functional groups attached to an aromatic ring is 1. The number of nitrogens with two attached hydrogens (primary N) is 2. The van der Waals surface area contributed by atoms with Crippen LogP contribution in [0.25, 0.3) is 5.57 Å². The SMILES string of the molecule is CN=C/C(=C\N)c1ccc(N)cc1C. The Kier molecular flexibility index (Phi) is 3.29. The van der Waals surface area contributed by atoms with Crippen molar-refractivity contribution in [3.05, 3.63) is 35.5 Å². The van der Waals surface area contributed by atoms with Crippen molar-refractivity contribution in [3.8, 4) is 0 Å². The average Bonchev–Trinajstić information content (AvgIpc) is 2.15. The maximum Gasteiger partial charge on any atom is 0.0317 e. The van der Waals surface area contributed by atoms with Crippen molar-refractivity contribution in [2.45, 2.75) is 6.92 Å². The summed E-state index contributed by atoms with van der Waals surface area (Å²) in [4.78, 5) is 3.94. The van der Waals surface area contributed by atoms with Gasteiger partial charge in [0.1, 0.15) is 0 Å². The summed E-state index contributed by atoms with van der Waals surface area (Å²) in [5.41, 5.74) is 15.0. The lowest BCUT2D eigenvalue weighted by molar-refractivity contribution is 1.42. The van der Waals surface area contributed by atoms with Gasteiger partial charge < -0.3 is 11.5 Å². The van der Waals surface area contributed by atoms with Gasteiger partial charge in [-0.1, -0.05) is 6.07 Å². The van der Waals surface area contributed by atoms with E-state index in [2.05, 4.69) is 4.99 Å². The van der Waals surface area contributed by atoms with E-state index in [0.29, 0.717) is 0 Å². The van der Waals surface area contributed by atoms with Crippen LogP contribution < -0.4 is 11.5 Å². The molecule has 0 aliphatic heterocycles. The lowest BCUT2D eigenvalue weighted by Gasteiger charge is -2.06. The van der Waals surface area contributed by atoms with Crippen LogP contribution in [0.15, 0.2) is 29.4 Å². The Labute approximate surface area is 84.1 Å². The minimum absolute atomic E-state index is 0.760. The molecular weight excluding hydrogens is 174 g/mol. The summed E-state index contributed by atoms with van der Waals surface area (Å²) < 4.78 is 0. The number of benzene rings is 1. The standard InChI is InChI=1S/C11H15N3/c1-8-5-10(13)3-4-11(8)9(6-12)7-14-2/h3-7H,12-13H2,1-2H3/b9-6+,14-7?. The molecule has 0 aliphatic rings. The van der Waals surface area contributed by atoms with Crippen molar-refractivity contribution in [2.24, 2.45) is 10.7 Å². The molecule has 0 fully saturated rings. The van der Waals surface area contributed by atoms with E-state index >= 15 is 0 Å². The van der Waals surface area contributed by atoms with Crippen molar-refractivity contribution < 1.29 is 0 Å². The van der Waals surface area contributed by atoms with Crippen molar-refractivity contribution in [3.63, 3.8) is 0 Å². The van der Waals surface area contributed by atoms with Gasteiger partial charge in [-0.25, -0.2) is 0 Å². The van der Waals surface area contributed by atoms with Gasteiger partial charge in [-0.3, -0.25) is 4.99 Å². The maximum atomic E-state index is 5.66. The fraction of sp³-hybridized carbons (Fsp3) is 0.182. The molecule has 0 bridgehead atoms. The van der Waals surface area contributed by atoms with E-state index in [4.69, 9.17) is 11.5 Å². The highest BCUT2D eigenvalue weighted by Crippen LogP contribution is 2.19. The molecule has 0 spiro atoms. The molecular formula is C11H15N3. The van der Waals surface area contributed by atoms with E-state index in [0.717, 1.165) is 22.4 Å². The summed E-state index contributed by atoms with van der Waals surface area (Å²) in [6.07, 6.45) is 3.28. The van der Waals surface area contributed by atoms with Crippen molar-refractivity contribution in [1.29, 1.82) is 0 Å². The molecule has 0 amide bonds. The summed E-state index contributed by atoms with van der Waals surface area (Å²) >= 11 is 0. The molecule has 1 aromatic rings. The zero-order chi connectivity index (χ0) is 10.6. The van der Waals surface area contributed by atoms with Crippen LogP contribution in [0.3, 0.4) is 0 Å². The summed E-state index contributed by atoms with van der Waals surface area (Å²) in [5.74, 6) is 0. The third kappa shape index (κ3) is 2.13. The second kappa shape index (κ2) is 4.46. The molecule has 0 radical (unpaired) electrons. The minimum Gasteiger partial charge on any atom is -0.404 e. The Morgan fingerprint density at radius 2 is 2.14 bits per heavy atom. The number of hydrogen-bond donors (Lipinski definition) is 2. The average molecular weight is 189 g/mol. The fourth-order valence-corrected chi connectivity index (χ4v) is 1.35. The molecule has 74 valence electrons. The van der Waals surface area contributed by atoms with Crippen LogP contribution >= 0.6 is 0 Å². The van der Waals surface area contributed by atoms with Crippen LogP contribution in [-0.2, 0) is 0 Å². The van der Waals surface area contributed by atoms with Crippen LogP contribution in [0.5, 0.6) is 0 Å². The Bertz CT molecular complexity index is 378. The first-order chi connectivity index (χ1) is 6.69. The molecule has 0 unspecified atom stereocenters. The second-order valence-electron chi connectivity index (χ2n) is 3.08. The minimum atomic E-state index is 0.760. The Morgan fingerprint density at radius 1 is 1.43 bits per heavy atom. The molecule has 0 heterocycles. The molecule has 1 rings (SSSR count). The second-order valence-corrected chi connectivity index (χ2v) is 3.08. The largest absolute Gasteiger partial charge is 0.404 e. The lowest BCUT2D eigenvalue weighted by atomic mass is 10.0. The monoisotopic (exact) mass is 189 g/mol. The smallest absolute Gasteiger partial charge is 0.0317 e. The Balaban J connectivity index is 3.18. The van der Waals surface area contributed by atoms with Gasteiger partial charge in [0.25, 0.3) is 0 Å². The van der Waals surface area contributed by atoms with E-state index in [1.54, 1.807) is 19.5 Å².